The molecule has 0 saturated carbocycles. The molecule has 3 saturated heterocycles. The van der Waals surface area contributed by atoms with Gasteiger partial charge in [0.1, 0.15) is 24.1 Å². The van der Waals surface area contributed by atoms with E-state index in [1.807, 2.05) is 60.7 Å². The number of aryl methyl sites for hydroxylation is 2. The van der Waals surface area contributed by atoms with Gasteiger partial charge in [0.2, 0.25) is 11.8 Å². The number of piperidine rings is 2. The zero-order valence-corrected chi connectivity index (χ0v) is 32.2. The summed E-state index contributed by atoms with van der Waals surface area (Å²) in [5.41, 5.74) is 6.63. The van der Waals surface area contributed by atoms with Crippen molar-refractivity contribution in [2.75, 3.05) is 55.7 Å². The lowest BCUT2D eigenvalue weighted by Gasteiger charge is -2.47. The smallest absolute Gasteiger partial charge is 0.255 e. The lowest BCUT2D eigenvalue weighted by Crippen LogP contribution is -2.58. The number of aromatic hydroxyl groups is 1. The minimum atomic E-state index is -0.613. The van der Waals surface area contributed by atoms with Crippen LogP contribution in [-0.2, 0) is 29.0 Å². The molecule has 0 radical (unpaired) electrons. The Morgan fingerprint density at radius 1 is 0.732 bits per heavy atom. The van der Waals surface area contributed by atoms with Crippen LogP contribution in [0.5, 0.6) is 11.5 Å². The van der Waals surface area contributed by atoms with Crippen molar-refractivity contribution in [3.63, 3.8) is 0 Å². The third-order valence-corrected chi connectivity index (χ3v) is 12.2. The molecule has 2 unspecified atom stereocenters. The number of benzene rings is 4. The van der Waals surface area contributed by atoms with E-state index in [1.165, 1.54) is 48.9 Å². The summed E-state index contributed by atoms with van der Waals surface area (Å²) in [5.74, 6) is 1.10. The van der Waals surface area contributed by atoms with Crippen LogP contribution >= 0.6 is 0 Å². The molecule has 292 valence electrons. The van der Waals surface area contributed by atoms with Crippen molar-refractivity contribution in [2.45, 2.75) is 70.0 Å². The monoisotopic (exact) mass is 755 g/mol. The van der Waals surface area contributed by atoms with E-state index in [9.17, 15) is 19.5 Å². The van der Waals surface area contributed by atoms with Gasteiger partial charge in [0, 0.05) is 62.5 Å². The molecular formula is C46H53N5O5. The Bertz CT molecular complexity index is 1970. The molecule has 4 aromatic rings. The first kappa shape index (κ1) is 37.6. The van der Waals surface area contributed by atoms with Crippen LogP contribution in [0.4, 0.5) is 11.4 Å². The molecule has 5 aliphatic heterocycles. The van der Waals surface area contributed by atoms with E-state index in [-0.39, 0.29) is 30.2 Å². The van der Waals surface area contributed by atoms with E-state index in [0.29, 0.717) is 30.9 Å². The molecule has 5 heterocycles. The van der Waals surface area contributed by atoms with E-state index in [2.05, 4.69) is 50.3 Å². The lowest BCUT2D eigenvalue weighted by atomic mass is 9.92. The second-order valence-electron chi connectivity index (χ2n) is 15.8. The molecule has 3 amide bonds. The fourth-order valence-electron chi connectivity index (χ4n) is 9.20. The molecule has 4 aromatic carbocycles. The van der Waals surface area contributed by atoms with Gasteiger partial charge in [-0.3, -0.25) is 24.6 Å². The second kappa shape index (κ2) is 17.2. The zero-order chi connectivity index (χ0) is 38.4. The zero-order valence-electron chi connectivity index (χ0n) is 32.2. The molecular weight excluding hydrogens is 703 g/mol. The van der Waals surface area contributed by atoms with Gasteiger partial charge in [0.05, 0.1) is 18.3 Å². The number of nitrogens with one attached hydrogen (secondary N) is 1. The SMILES string of the molecule is O=C1CCC(N2Cc3c(ccc4c3OCC3CN(CC5CCN(c6ccccc6)CC5)CCN43)C2=O)C(=O)N1.Oc1ccc2c(c1)CCCC2.c1ccccc1. The number of para-hydroxylation sites is 1. The van der Waals surface area contributed by atoms with E-state index in [0.717, 1.165) is 68.6 Å². The largest absolute Gasteiger partial charge is 0.508 e. The number of carbonyl (C=O) groups excluding carboxylic acids is 3. The van der Waals surface area contributed by atoms with Crippen molar-refractivity contribution in [3.05, 3.63) is 119 Å². The minimum Gasteiger partial charge on any atom is -0.508 e. The predicted molar refractivity (Wildman–Crippen MR) is 218 cm³/mol. The van der Waals surface area contributed by atoms with Crippen molar-refractivity contribution in [3.8, 4) is 11.5 Å². The average Bonchev–Trinajstić information content (AvgIpc) is 3.58. The maximum atomic E-state index is 13.2. The normalized spacial score (nSPS) is 21.9. The van der Waals surface area contributed by atoms with Gasteiger partial charge in [0.25, 0.3) is 5.91 Å². The lowest BCUT2D eigenvalue weighted by molar-refractivity contribution is -0.136. The fourth-order valence-corrected chi connectivity index (χ4v) is 9.20. The summed E-state index contributed by atoms with van der Waals surface area (Å²) >= 11 is 0. The van der Waals surface area contributed by atoms with Crippen LogP contribution in [0.3, 0.4) is 0 Å². The van der Waals surface area contributed by atoms with E-state index < -0.39 is 6.04 Å². The number of piperazine rings is 1. The molecule has 0 spiro atoms. The summed E-state index contributed by atoms with van der Waals surface area (Å²) in [5, 5.41) is 11.6. The van der Waals surface area contributed by atoms with Crippen LogP contribution in [0.15, 0.2) is 97.1 Å². The number of phenols is 1. The van der Waals surface area contributed by atoms with Gasteiger partial charge < -0.3 is 24.5 Å². The van der Waals surface area contributed by atoms with Crippen LogP contribution in [0.2, 0.25) is 0 Å². The number of anilines is 2. The van der Waals surface area contributed by atoms with Crippen LogP contribution < -0.4 is 19.9 Å². The van der Waals surface area contributed by atoms with Crippen LogP contribution in [0.1, 0.15) is 65.6 Å². The molecule has 10 nitrogen and oxygen atoms in total. The van der Waals surface area contributed by atoms with Gasteiger partial charge in [-0.1, -0.05) is 60.7 Å². The summed E-state index contributed by atoms with van der Waals surface area (Å²) in [6.07, 6.45) is 7.98. The molecule has 3 fully saturated rings. The molecule has 1 aliphatic carbocycles. The number of carbonyl (C=O) groups is 3. The Morgan fingerprint density at radius 3 is 2.18 bits per heavy atom. The number of rotatable bonds is 4. The van der Waals surface area contributed by atoms with E-state index in [1.54, 1.807) is 11.0 Å². The summed E-state index contributed by atoms with van der Waals surface area (Å²) in [6, 6.07) is 32.0. The van der Waals surface area contributed by atoms with Crippen molar-refractivity contribution in [1.29, 1.82) is 0 Å². The highest BCUT2D eigenvalue weighted by molar-refractivity contribution is 6.06. The molecule has 10 heteroatoms. The van der Waals surface area contributed by atoms with Gasteiger partial charge >= 0.3 is 0 Å². The molecule has 0 bridgehead atoms. The summed E-state index contributed by atoms with van der Waals surface area (Å²) in [4.78, 5) is 46.4. The molecule has 0 aromatic heterocycles. The highest BCUT2D eigenvalue weighted by atomic mass is 16.5. The first-order chi connectivity index (χ1) is 27.4. The summed E-state index contributed by atoms with van der Waals surface area (Å²) < 4.78 is 6.36. The molecule has 2 N–H and O–H groups in total. The van der Waals surface area contributed by atoms with Crippen LogP contribution in [-0.4, -0.2) is 90.6 Å². The maximum absolute atomic E-state index is 13.2. The quantitative estimate of drug-likeness (QED) is 0.237. The number of imide groups is 1. The Balaban J connectivity index is 0.000000212. The Labute approximate surface area is 330 Å². The number of hydrogen-bond donors (Lipinski definition) is 2. The van der Waals surface area contributed by atoms with Gasteiger partial charge in [-0.05, 0) is 98.4 Å². The number of hydrogen-bond acceptors (Lipinski definition) is 8. The molecule has 6 aliphatic rings. The number of nitrogens with zero attached hydrogens (tertiary/aromatic N) is 4. The van der Waals surface area contributed by atoms with Crippen LogP contribution in [0.25, 0.3) is 0 Å². The highest BCUT2D eigenvalue weighted by Gasteiger charge is 2.43. The van der Waals surface area contributed by atoms with Gasteiger partial charge in [-0.2, -0.15) is 0 Å². The minimum absolute atomic E-state index is 0.156. The maximum Gasteiger partial charge on any atom is 0.255 e. The van der Waals surface area contributed by atoms with Crippen molar-refractivity contribution in [1.82, 2.24) is 15.1 Å². The molecule has 2 atom stereocenters. The van der Waals surface area contributed by atoms with Gasteiger partial charge in [-0.15, -0.1) is 0 Å². The average molecular weight is 756 g/mol. The Hall–Kier alpha value is -5.35. The Kier molecular flexibility index (Phi) is 11.5. The van der Waals surface area contributed by atoms with Crippen molar-refractivity contribution < 1.29 is 24.2 Å². The number of ether oxygens (including phenoxy) is 1. The standard InChI is InChI=1S/C30H35N5O4.C10H12O.C6H6/c36-27-9-8-26(29(37)31-27)35-18-24-23(30(35)38)6-7-25-28(24)39-19-22-17-32(14-15-34(22)25)16-20-10-12-33(13-11-20)21-4-2-1-3-5-21;11-10-6-5-8-3-1-2-4-9(8)7-10;1-2-4-6-5-3-1/h1-7,20,22,26H,8-19H2,(H,31,36,37);5-7,11H,1-4H2;1-6H. The highest BCUT2D eigenvalue weighted by Crippen LogP contribution is 2.43. The third kappa shape index (κ3) is 8.40. The first-order valence-electron chi connectivity index (χ1n) is 20.4. The Morgan fingerprint density at radius 2 is 1.45 bits per heavy atom. The number of phenolic OH excluding ortho intramolecular Hbond substituents is 1. The van der Waals surface area contributed by atoms with Crippen molar-refractivity contribution in [2.24, 2.45) is 5.92 Å². The van der Waals surface area contributed by atoms with Crippen molar-refractivity contribution >= 4 is 29.1 Å². The second-order valence-corrected chi connectivity index (χ2v) is 15.8. The molecule has 10 rings (SSSR count). The topological polar surface area (TPSA) is 106 Å². The van der Waals surface area contributed by atoms with Gasteiger partial charge in [-0.25, -0.2) is 0 Å². The van der Waals surface area contributed by atoms with Crippen LogP contribution in [0, 0.1) is 5.92 Å². The predicted octanol–water partition coefficient (Wildman–Crippen LogP) is 6.20. The number of fused-ring (bicyclic) bond motifs is 6. The fraction of sp³-hybridized carbons (Fsp3) is 0.413. The van der Waals surface area contributed by atoms with Gasteiger partial charge in [0.15, 0.2) is 0 Å². The summed E-state index contributed by atoms with van der Waals surface area (Å²) in [7, 11) is 0. The summed E-state index contributed by atoms with van der Waals surface area (Å²) in [6.45, 7) is 7.26. The number of amides is 3. The first-order valence-corrected chi connectivity index (χ1v) is 20.4. The third-order valence-electron chi connectivity index (χ3n) is 12.2. The van der Waals surface area contributed by atoms with E-state index in [4.69, 9.17) is 4.74 Å². The van der Waals surface area contributed by atoms with E-state index >= 15 is 0 Å². The molecule has 56 heavy (non-hydrogen) atoms.